The van der Waals surface area contributed by atoms with Crippen LogP contribution >= 0.6 is 0 Å². The van der Waals surface area contributed by atoms with Crippen molar-refractivity contribution in [2.45, 2.75) is 166 Å². The van der Waals surface area contributed by atoms with E-state index in [0.29, 0.717) is 12.8 Å². The van der Waals surface area contributed by atoms with E-state index < -0.39 is 71.2 Å². The quantitative estimate of drug-likeness (QED) is 0.0272. The summed E-state index contributed by atoms with van der Waals surface area (Å²) < 4.78 is 53.6. The molecule has 13 heteroatoms. The summed E-state index contributed by atoms with van der Waals surface area (Å²) in [6, 6.07) is 0. The van der Waals surface area contributed by atoms with E-state index in [1.165, 1.54) is 12.8 Å². The lowest BCUT2D eigenvalue weighted by Crippen LogP contribution is -2.60. The molecule has 0 radical (unpaired) electrons. The van der Waals surface area contributed by atoms with Crippen molar-refractivity contribution in [2.24, 2.45) is 0 Å². The first-order valence-corrected chi connectivity index (χ1v) is 20.8. The van der Waals surface area contributed by atoms with E-state index in [-0.39, 0.29) is 19.4 Å². The van der Waals surface area contributed by atoms with Gasteiger partial charge in [0.15, 0.2) is 12.4 Å². The number of ether oxygens (including phenoxy) is 4. The van der Waals surface area contributed by atoms with E-state index in [0.717, 1.165) is 77.0 Å². The van der Waals surface area contributed by atoms with Crippen LogP contribution in [0.5, 0.6) is 0 Å². The number of aliphatic hydroxyl groups is 3. The van der Waals surface area contributed by atoms with Gasteiger partial charge in [-0.3, -0.25) is 14.1 Å². The number of hydrogen-bond donors (Lipinski definition) is 4. The van der Waals surface area contributed by atoms with Crippen molar-refractivity contribution in [3.63, 3.8) is 0 Å². The lowest BCUT2D eigenvalue weighted by molar-refractivity contribution is -0.297. The van der Waals surface area contributed by atoms with Crippen LogP contribution in [-0.4, -0.2) is 96.0 Å². The molecule has 0 aromatic rings. The molecule has 1 rings (SSSR count). The minimum absolute atomic E-state index is 0.154. The Hall–Kier alpha value is -2.39. The number of aliphatic hydroxyl groups excluding tert-OH is 3. The summed E-state index contributed by atoms with van der Waals surface area (Å²) in [5, 5.41) is 30.7. The van der Waals surface area contributed by atoms with Gasteiger partial charge in [-0.15, -0.1) is 0 Å². The maximum atomic E-state index is 12.6. The Balaban J connectivity index is 2.49. The minimum atomic E-state index is -4.60. The molecule has 0 aliphatic carbocycles. The fraction of sp³-hybridized carbons (Fsp3) is 0.744. The molecule has 0 aromatic carbocycles. The fourth-order valence-electron chi connectivity index (χ4n) is 5.37. The van der Waals surface area contributed by atoms with Gasteiger partial charge in [0, 0.05) is 12.8 Å². The molecule has 0 saturated carbocycles. The first-order chi connectivity index (χ1) is 25.0. The standard InChI is InChI=1S/C39H66O12S/c1-3-5-7-9-11-12-13-14-15-16-17-18-19-20-22-23-25-27-34(40)48-29-32(50-35(41)28-26-24-21-10-8-6-4-2)30-49-39-38(44)37(43)36(42)33(51-39)31-52(45,46)47/h7,9,12-13,15-16,18-19,32-33,36-39,42-44H,3-6,8,10-11,14,17,20-31H2,1-2H3,(H,45,46,47)/b9-7+,13-12+,16-15+,19-18+/t32-,33-,36-,37?,38?,39+/m1/s1. The summed E-state index contributed by atoms with van der Waals surface area (Å²) in [6.45, 7) is 3.57. The molecular weight excluding hydrogens is 692 g/mol. The van der Waals surface area contributed by atoms with Gasteiger partial charge < -0.3 is 34.3 Å². The molecule has 0 spiro atoms. The number of carbonyl (C=O) groups is 2. The second-order valence-corrected chi connectivity index (χ2v) is 14.7. The normalized spacial score (nSPS) is 21.8. The van der Waals surface area contributed by atoms with E-state index in [9.17, 15) is 37.9 Å². The van der Waals surface area contributed by atoms with Gasteiger partial charge in [-0.25, -0.2) is 0 Å². The summed E-state index contributed by atoms with van der Waals surface area (Å²) in [5.74, 6) is -2.04. The topological polar surface area (TPSA) is 186 Å². The van der Waals surface area contributed by atoms with Crippen molar-refractivity contribution in [3.05, 3.63) is 48.6 Å². The zero-order valence-corrected chi connectivity index (χ0v) is 32.2. The van der Waals surface area contributed by atoms with Gasteiger partial charge in [-0.2, -0.15) is 8.42 Å². The molecule has 1 saturated heterocycles. The largest absolute Gasteiger partial charge is 0.462 e. The molecule has 1 heterocycles. The van der Waals surface area contributed by atoms with Crippen LogP contribution in [-0.2, 0) is 38.7 Å². The molecule has 6 atom stereocenters. The third-order valence-corrected chi connectivity index (χ3v) is 9.14. The highest BCUT2D eigenvalue weighted by Gasteiger charge is 2.46. The Morgan fingerprint density at radius 3 is 1.79 bits per heavy atom. The average Bonchev–Trinajstić information content (AvgIpc) is 3.10. The SMILES string of the molecule is CCC/C=C/C/C=C/C/C=C/C/C=C/CCCCCC(=O)OC[C@H](CO[C@H]1O[C@H](CS(=O)(=O)O)[C@@H](O)C(O)C1O)OC(=O)CCCCCCCCC. The maximum Gasteiger partial charge on any atom is 0.306 e. The highest BCUT2D eigenvalue weighted by molar-refractivity contribution is 7.85. The van der Waals surface area contributed by atoms with Crippen LogP contribution in [0.2, 0.25) is 0 Å². The van der Waals surface area contributed by atoms with Crippen molar-refractivity contribution in [1.82, 2.24) is 0 Å². The van der Waals surface area contributed by atoms with Gasteiger partial charge in [0.2, 0.25) is 0 Å². The highest BCUT2D eigenvalue weighted by atomic mass is 32.2. The van der Waals surface area contributed by atoms with Crippen LogP contribution in [0.3, 0.4) is 0 Å². The molecule has 1 fully saturated rings. The smallest absolute Gasteiger partial charge is 0.306 e. The number of esters is 2. The van der Waals surface area contributed by atoms with Crippen molar-refractivity contribution in [2.75, 3.05) is 19.0 Å². The van der Waals surface area contributed by atoms with Crippen LogP contribution < -0.4 is 0 Å². The molecule has 1 aliphatic rings. The van der Waals surface area contributed by atoms with E-state index in [1.54, 1.807) is 0 Å². The van der Waals surface area contributed by atoms with E-state index in [1.807, 2.05) is 0 Å². The summed E-state index contributed by atoms with van der Waals surface area (Å²) in [7, 11) is -4.60. The second-order valence-electron chi connectivity index (χ2n) is 13.2. The predicted octanol–water partition coefficient (Wildman–Crippen LogP) is 6.44. The third-order valence-electron chi connectivity index (χ3n) is 8.39. The molecule has 0 amide bonds. The minimum Gasteiger partial charge on any atom is -0.462 e. The van der Waals surface area contributed by atoms with Crippen LogP contribution in [0.1, 0.15) is 129 Å². The van der Waals surface area contributed by atoms with Gasteiger partial charge in [0.25, 0.3) is 10.1 Å². The van der Waals surface area contributed by atoms with Gasteiger partial charge in [0.05, 0.1) is 6.61 Å². The van der Waals surface area contributed by atoms with Crippen molar-refractivity contribution < 1.29 is 56.8 Å². The highest BCUT2D eigenvalue weighted by Crippen LogP contribution is 2.24. The van der Waals surface area contributed by atoms with Crippen molar-refractivity contribution >= 4 is 22.1 Å². The van der Waals surface area contributed by atoms with Crippen molar-refractivity contribution in [3.8, 4) is 0 Å². The van der Waals surface area contributed by atoms with E-state index in [4.69, 9.17) is 18.9 Å². The molecule has 12 nitrogen and oxygen atoms in total. The first-order valence-electron chi connectivity index (χ1n) is 19.2. The Morgan fingerprint density at radius 2 is 1.19 bits per heavy atom. The number of rotatable bonds is 30. The van der Waals surface area contributed by atoms with Crippen LogP contribution in [0.25, 0.3) is 0 Å². The summed E-state index contributed by atoms with van der Waals surface area (Å²) in [6.07, 6.45) is 23.4. The van der Waals surface area contributed by atoms with E-state index >= 15 is 0 Å². The summed E-state index contributed by atoms with van der Waals surface area (Å²) >= 11 is 0. The second kappa shape index (κ2) is 30.0. The molecule has 0 bridgehead atoms. The van der Waals surface area contributed by atoms with Gasteiger partial charge in [-0.05, 0) is 51.4 Å². The van der Waals surface area contributed by atoms with Crippen LogP contribution in [0, 0.1) is 0 Å². The fourth-order valence-corrected chi connectivity index (χ4v) is 6.06. The van der Waals surface area contributed by atoms with Gasteiger partial charge in [-0.1, -0.05) is 114 Å². The lowest BCUT2D eigenvalue weighted by atomic mass is 10.00. The zero-order valence-electron chi connectivity index (χ0n) is 31.4. The average molecular weight is 759 g/mol. The van der Waals surface area contributed by atoms with Gasteiger partial charge in [0.1, 0.15) is 36.8 Å². The van der Waals surface area contributed by atoms with Crippen LogP contribution in [0.15, 0.2) is 48.6 Å². The Labute approximate surface area is 312 Å². The summed E-state index contributed by atoms with van der Waals surface area (Å²) in [5.41, 5.74) is 0. The number of unbranched alkanes of at least 4 members (excludes halogenated alkanes) is 10. The number of carbonyl (C=O) groups excluding carboxylic acids is 2. The number of allylic oxidation sites excluding steroid dienone is 8. The molecule has 0 aromatic heterocycles. The Morgan fingerprint density at radius 1 is 0.654 bits per heavy atom. The summed E-state index contributed by atoms with van der Waals surface area (Å²) in [4.78, 5) is 25.1. The predicted molar refractivity (Wildman–Crippen MR) is 201 cm³/mol. The lowest BCUT2D eigenvalue weighted by Gasteiger charge is -2.40. The Kier molecular flexibility index (Phi) is 27.5. The molecular formula is C39H66O12S. The zero-order chi connectivity index (χ0) is 38.5. The molecule has 300 valence electrons. The molecule has 52 heavy (non-hydrogen) atoms. The Bertz CT molecular complexity index is 1170. The van der Waals surface area contributed by atoms with Gasteiger partial charge >= 0.3 is 11.9 Å². The van der Waals surface area contributed by atoms with E-state index in [2.05, 4.69) is 62.5 Å². The first kappa shape index (κ1) is 47.6. The molecule has 2 unspecified atom stereocenters. The monoisotopic (exact) mass is 758 g/mol. The van der Waals surface area contributed by atoms with Crippen molar-refractivity contribution in [1.29, 1.82) is 0 Å². The molecule has 1 aliphatic heterocycles. The maximum absolute atomic E-state index is 12.6. The third kappa shape index (κ3) is 24.8. The number of hydrogen-bond acceptors (Lipinski definition) is 11. The molecule has 4 N–H and O–H groups in total. The van der Waals surface area contributed by atoms with Crippen LogP contribution in [0.4, 0.5) is 0 Å².